The number of nitrogens with zero attached hydrogens (tertiary/aromatic N) is 1. The summed E-state index contributed by atoms with van der Waals surface area (Å²) in [5.41, 5.74) is -1.47. The molecule has 1 N–H and O–H groups in total. The van der Waals surface area contributed by atoms with Gasteiger partial charge in [-0.05, 0) is 30.9 Å². The molecule has 9 nitrogen and oxygen atoms in total. The minimum Gasteiger partial charge on any atom is -0.465 e. The third-order valence-electron chi connectivity index (χ3n) is 6.48. The summed E-state index contributed by atoms with van der Waals surface area (Å²) in [5, 5.41) is 8.64. The van der Waals surface area contributed by atoms with Crippen molar-refractivity contribution >= 4 is 35.2 Å². The Morgan fingerprint density at radius 2 is 1.79 bits per heavy atom. The Balaban J connectivity index is 2.01. The molecule has 3 aliphatic rings. The van der Waals surface area contributed by atoms with Crippen LogP contribution in [0, 0.1) is 16.7 Å². The van der Waals surface area contributed by atoms with Crippen LogP contribution in [-0.4, -0.2) is 49.3 Å². The van der Waals surface area contributed by atoms with Crippen molar-refractivity contribution in [2.45, 2.75) is 46.0 Å². The van der Waals surface area contributed by atoms with E-state index in [4.69, 9.17) is 19.6 Å². The lowest BCUT2D eigenvalue weighted by molar-refractivity contribution is -0.150. The van der Waals surface area contributed by atoms with Gasteiger partial charge in [0.2, 0.25) is 11.8 Å². The third-order valence-corrected chi connectivity index (χ3v) is 6.48. The molecule has 180 valence electrons. The predicted molar refractivity (Wildman–Crippen MR) is 121 cm³/mol. The Hall–Kier alpha value is -3.49. The first-order valence-electron chi connectivity index (χ1n) is 11.3. The fraction of sp³-hybridized carbons (Fsp3) is 0.480. The molecule has 0 aromatic heterocycles. The second-order valence-electron chi connectivity index (χ2n) is 9.41. The normalized spacial score (nSPS) is 25.1. The number of nitrogens with one attached hydrogen (secondary N) is 1. The van der Waals surface area contributed by atoms with Crippen molar-refractivity contribution in [1.29, 1.82) is 5.41 Å². The summed E-state index contributed by atoms with van der Waals surface area (Å²) in [6.45, 7) is 6.86. The molecule has 0 bridgehead atoms. The maximum absolute atomic E-state index is 14.3. The Kier molecular flexibility index (Phi) is 5.83. The zero-order chi connectivity index (χ0) is 24.8. The van der Waals surface area contributed by atoms with Gasteiger partial charge >= 0.3 is 11.9 Å². The molecule has 2 heterocycles. The van der Waals surface area contributed by atoms with Crippen LogP contribution in [0.3, 0.4) is 0 Å². The lowest BCUT2D eigenvalue weighted by Crippen LogP contribution is -2.58. The smallest absolute Gasteiger partial charge is 0.326 e. The predicted octanol–water partition coefficient (Wildman–Crippen LogP) is 2.66. The van der Waals surface area contributed by atoms with E-state index in [9.17, 15) is 19.2 Å². The van der Waals surface area contributed by atoms with Gasteiger partial charge in [-0.3, -0.25) is 29.5 Å². The van der Waals surface area contributed by atoms with E-state index in [1.165, 1.54) is 4.90 Å². The average Bonchev–Trinajstić information content (AvgIpc) is 2.96. The van der Waals surface area contributed by atoms with Crippen LogP contribution >= 0.6 is 0 Å². The van der Waals surface area contributed by atoms with E-state index in [0.717, 1.165) is 0 Å². The minimum absolute atomic E-state index is 0.0218. The van der Waals surface area contributed by atoms with Gasteiger partial charge in [-0.25, -0.2) is 0 Å². The number of allylic oxidation sites excluding steroid dienone is 1. The van der Waals surface area contributed by atoms with Gasteiger partial charge in [-0.2, -0.15) is 0 Å². The van der Waals surface area contributed by atoms with Gasteiger partial charge < -0.3 is 14.2 Å². The van der Waals surface area contributed by atoms with Crippen LogP contribution in [-0.2, 0) is 38.8 Å². The second kappa shape index (κ2) is 8.38. The van der Waals surface area contributed by atoms with Gasteiger partial charge in [0.05, 0.1) is 18.8 Å². The van der Waals surface area contributed by atoms with Gasteiger partial charge in [-0.15, -0.1) is 0 Å². The van der Waals surface area contributed by atoms with E-state index < -0.39 is 47.0 Å². The Bertz CT molecular complexity index is 1140. The first-order valence-corrected chi connectivity index (χ1v) is 11.3. The molecule has 34 heavy (non-hydrogen) atoms. The lowest BCUT2D eigenvalue weighted by Gasteiger charge is -2.45. The molecule has 1 aromatic carbocycles. The summed E-state index contributed by atoms with van der Waals surface area (Å²) in [5.74, 6) is -4.17. The second-order valence-corrected chi connectivity index (χ2v) is 9.41. The van der Waals surface area contributed by atoms with E-state index in [2.05, 4.69) is 0 Å². The molecule has 2 atom stereocenters. The number of benzene rings is 1. The molecule has 1 amide bonds. The van der Waals surface area contributed by atoms with Crippen LogP contribution in [0.2, 0.25) is 0 Å². The van der Waals surface area contributed by atoms with E-state index >= 15 is 0 Å². The van der Waals surface area contributed by atoms with Crippen molar-refractivity contribution < 1.29 is 33.4 Å². The Labute approximate surface area is 197 Å². The highest BCUT2D eigenvalue weighted by Gasteiger charge is 2.67. The molecule has 9 heteroatoms. The number of para-hydroxylation sites is 1. The topological polar surface area (TPSA) is 123 Å². The minimum atomic E-state index is -1.85. The van der Waals surface area contributed by atoms with Crippen molar-refractivity contribution in [2.75, 3.05) is 24.7 Å². The van der Waals surface area contributed by atoms with Crippen LogP contribution in [0.25, 0.3) is 0 Å². The average molecular weight is 469 g/mol. The molecule has 1 aliphatic carbocycles. The molecular weight excluding hydrogens is 440 g/mol. The van der Waals surface area contributed by atoms with Crippen molar-refractivity contribution in [3.05, 3.63) is 41.2 Å². The summed E-state index contributed by atoms with van der Waals surface area (Å²) in [4.78, 5) is 54.7. The van der Waals surface area contributed by atoms with E-state index in [-0.39, 0.29) is 36.8 Å². The van der Waals surface area contributed by atoms with Gasteiger partial charge in [0, 0.05) is 18.5 Å². The lowest BCUT2D eigenvalue weighted by atomic mass is 9.59. The standard InChI is InChI=1S/C25H28N2O7/c1-5-32-18(29)13-27-15-10-8-7-9-14(15)25(23(27)31)19-16(28)11-24(3,4)12-17(19)34-21(26)20(25)22(30)33-6-2/h7-10,20,26H,5-6,11-13H2,1-4H3. The van der Waals surface area contributed by atoms with Crippen molar-refractivity contribution in [1.82, 2.24) is 0 Å². The monoisotopic (exact) mass is 468 g/mol. The Morgan fingerprint density at radius 3 is 2.47 bits per heavy atom. The summed E-state index contributed by atoms with van der Waals surface area (Å²) in [6, 6.07) is 6.70. The van der Waals surface area contributed by atoms with Gasteiger partial charge in [0.1, 0.15) is 17.7 Å². The number of anilines is 1. The molecule has 2 aliphatic heterocycles. The third kappa shape index (κ3) is 3.41. The van der Waals surface area contributed by atoms with Crippen LogP contribution in [0.1, 0.15) is 46.1 Å². The van der Waals surface area contributed by atoms with E-state index in [1.807, 2.05) is 13.8 Å². The number of fused-ring (bicyclic) bond motifs is 3. The highest BCUT2D eigenvalue weighted by molar-refractivity contribution is 6.24. The van der Waals surface area contributed by atoms with Crippen molar-refractivity contribution in [3.63, 3.8) is 0 Å². The number of ketones is 1. The van der Waals surface area contributed by atoms with Gasteiger partial charge in [0.25, 0.3) is 0 Å². The van der Waals surface area contributed by atoms with E-state index in [0.29, 0.717) is 17.7 Å². The molecule has 0 saturated carbocycles. The summed E-state index contributed by atoms with van der Waals surface area (Å²) in [7, 11) is 0. The number of carbonyl (C=O) groups is 4. The number of carbonyl (C=O) groups excluding carboxylic acids is 4. The number of ether oxygens (including phenoxy) is 3. The molecule has 1 aromatic rings. The zero-order valence-corrected chi connectivity index (χ0v) is 19.7. The fourth-order valence-electron chi connectivity index (χ4n) is 5.33. The maximum Gasteiger partial charge on any atom is 0.326 e. The number of hydrogen-bond acceptors (Lipinski definition) is 8. The van der Waals surface area contributed by atoms with Crippen LogP contribution < -0.4 is 4.90 Å². The summed E-state index contributed by atoms with van der Waals surface area (Å²) in [6.07, 6.45) is 0.466. The molecule has 0 saturated heterocycles. The zero-order valence-electron chi connectivity index (χ0n) is 19.7. The number of rotatable bonds is 5. The number of amides is 1. The Morgan fingerprint density at radius 1 is 1.12 bits per heavy atom. The summed E-state index contributed by atoms with van der Waals surface area (Å²) >= 11 is 0. The number of Topliss-reactive ketones (excluding diaryl/α,β-unsaturated/α-hetero) is 1. The summed E-state index contributed by atoms with van der Waals surface area (Å²) < 4.78 is 16.1. The van der Waals surface area contributed by atoms with Gasteiger partial charge in [0.15, 0.2) is 11.7 Å². The van der Waals surface area contributed by atoms with Crippen molar-refractivity contribution in [3.8, 4) is 0 Å². The van der Waals surface area contributed by atoms with Crippen LogP contribution in [0.15, 0.2) is 35.6 Å². The largest absolute Gasteiger partial charge is 0.465 e. The van der Waals surface area contributed by atoms with E-state index in [1.54, 1.807) is 38.1 Å². The fourth-order valence-corrected chi connectivity index (χ4v) is 5.33. The highest BCUT2D eigenvalue weighted by Crippen LogP contribution is 2.57. The van der Waals surface area contributed by atoms with Gasteiger partial charge in [-0.1, -0.05) is 32.0 Å². The quantitative estimate of drug-likeness (QED) is 0.659. The molecule has 4 rings (SSSR count). The van der Waals surface area contributed by atoms with Crippen LogP contribution in [0.5, 0.6) is 0 Å². The number of hydrogen-bond donors (Lipinski definition) is 1. The molecule has 1 spiro atoms. The first kappa shape index (κ1) is 23.7. The van der Waals surface area contributed by atoms with Crippen LogP contribution in [0.4, 0.5) is 5.69 Å². The molecule has 0 fully saturated rings. The molecular formula is C25H28N2O7. The SMILES string of the molecule is CCOC(=O)CN1C(=O)C2(C3=C(CC(C)(C)CC3=O)OC(=N)C2C(=O)OCC)c2ccccc21. The van der Waals surface area contributed by atoms with Crippen molar-refractivity contribution in [2.24, 2.45) is 11.3 Å². The number of esters is 2. The molecule has 2 unspecified atom stereocenters. The first-order chi connectivity index (χ1) is 16.1. The maximum atomic E-state index is 14.3. The highest BCUT2D eigenvalue weighted by atomic mass is 16.5. The molecule has 0 radical (unpaired) electrons.